The van der Waals surface area contributed by atoms with Crippen LogP contribution in [-0.4, -0.2) is 59.0 Å². The molecule has 0 spiro atoms. The molecule has 0 radical (unpaired) electrons. The zero-order valence-electron chi connectivity index (χ0n) is 21.5. The van der Waals surface area contributed by atoms with E-state index in [0.29, 0.717) is 16.3 Å². The lowest BCUT2D eigenvalue weighted by Gasteiger charge is -2.32. The summed E-state index contributed by atoms with van der Waals surface area (Å²) in [5, 5.41) is 2.97. The average Bonchev–Trinajstić information content (AvgIpc) is 2.94. The van der Waals surface area contributed by atoms with E-state index < -0.39 is 34.4 Å². The van der Waals surface area contributed by atoms with Crippen LogP contribution in [-0.2, 0) is 26.2 Å². The van der Waals surface area contributed by atoms with Gasteiger partial charge in [-0.15, -0.1) is 0 Å². The number of para-hydroxylation sites is 1. The number of amides is 2. The minimum absolute atomic E-state index is 0.00608. The summed E-state index contributed by atoms with van der Waals surface area (Å²) in [7, 11) is 0.0668. The molecule has 38 heavy (non-hydrogen) atoms. The number of methoxy groups -OCH3 is 2. The van der Waals surface area contributed by atoms with Crippen molar-refractivity contribution >= 4 is 39.1 Å². The van der Waals surface area contributed by atoms with Crippen LogP contribution in [0.2, 0.25) is 5.02 Å². The molecule has 202 valence electrons. The van der Waals surface area contributed by atoms with Crippen LogP contribution in [0.1, 0.15) is 12.5 Å². The van der Waals surface area contributed by atoms with Crippen LogP contribution >= 0.6 is 11.6 Å². The molecule has 0 aliphatic carbocycles. The molecule has 11 heteroatoms. The van der Waals surface area contributed by atoms with Crippen LogP contribution in [0.3, 0.4) is 0 Å². The first kappa shape index (κ1) is 28.8. The molecule has 0 aliphatic heterocycles. The van der Waals surface area contributed by atoms with Gasteiger partial charge in [0.1, 0.15) is 12.6 Å². The fourth-order valence-corrected chi connectivity index (χ4v) is 5.45. The summed E-state index contributed by atoms with van der Waals surface area (Å²) in [6.45, 7) is 1.02. The number of anilines is 1. The molecule has 3 aromatic rings. The van der Waals surface area contributed by atoms with Gasteiger partial charge >= 0.3 is 0 Å². The van der Waals surface area contributed by atoms with Gasteiger partial charge in [-0.25, -0.2) is 8.42 Å². The lowest BCUT2D eigenvalue weighted by atomic mass is 10.1. The Morgan fingerprint density at radius 2 is 1.58 bits per heavy atom. The number of nitrogens with one attached hydrogen (secondary N) is 1. The highest BCUT2D eigenvalue weighted by Gasteiger charge is 2.33. The first-order valence-corrected chi connectivity index (χ1v) is 13.5. The van der Waals surface area contributed by atoms with E-state index in [0.717, 1.165) is 4.31 Å². The van der Waals surface area contributed by atoms with Crippen LogP contribution in [0, 0.1) is 0 Å². The summed E-state index contributed by atoms with van der Waals surface area (Å²) >= 11 is 6.33. The number of benzene rings is 3. The maximum Gasteiger partial charge on any atom is 0.264 e. The van der Waals surface area contributed by atoms with Crippen LogP contribution < -0.4 is 19.1 Å². The summed E-state index contributed by atoms with van der Waals surface area (Å²) < 4.78 is 39.3. The van der Waals surface area contributed by atoms with Crippen molar-refractivity contribution in [2.75, 3.05) is 32.1 Å². The maximum atomic E-state index is 13.9. The zero-order valence-corrected chi connectivity index (χ0v) is 23.1. The number of sulfonamides is 1. The van der Waals surface area contributed by atoms with E-state index in [2.05, 4.69) is 5.32 Å². The molecule has 0 heterocycles. The summed E-state index contributed by atoms with van der Waals surface area (Å²) in [4.78, 5) is 27.5. The second kappa shape index (κ2) is 12.7. The van der Waals surface area contributed by atoms with Crippen LogP contribution in [0.5, 0.6) is 11.5 Å². The number of likely N-dealkylation sites (N-methyl/N-ethyl adjacent to an activating group) is 1. The van der Waals surface area contributed by atoms with Crippen LogP contribution in [0.4, 0.5) is 5.69 Å². The Balaban J connectivity index is 2.05. The zero-order chi connectivity index (χ0) is 27.9. The van der Waals surface area contributed by atoms with Crippen molar-refractivity contribution in [2.45, 2.75) is 24.4 Å². The Kier molecular flexibility index (Phi) is 9.60. The third kappa shape index (κ3) is 6.38. The van der Waals surface area contributed by atoms with Gasteiger partial charge in [0.05, 0.1) is 24.8 Å². The number of rotatable bonds is 11. The summed E-state index contributed by atoms with van der Waals surface area (Å²) in [6.07, 6.45) is 0. The molecule has 9 nitrogen and oxygen atoms in total. The number of carbonyl (C=O) groups is 2. The standard InChI is InChI=1S/C27H30ClN3O6S/c1-19(27(33)29-2)30(17-20-10-8-9-13-23(20)28)26(32)18-31(21-11-6-5-7-12-21)38(34,35)22-14-15-24(36-3)25(16-22)37-4/h5-16,19H,17-18H2,1-4H3,(H,29,33). The number of ether oxygens (including phenoxy) is 2. The van der Waals surface area contributed by atoms with Gasteiger partial charge in [0, 0.05) is 24.7 Å². The molecule has 0 aliphatic rings. The molecule has 3 rings (SSSR count). The Morgan fingerprint density at radius 1 is 0.947 bits per heavy atom. The molecule has 0 saturated carbocycles. The van der Waals surface area contributed by atoms with E-state index in [9.17, 15) is 18.0 Å². The molecule has 0 fully saturated rings. The van der Waals surface area contributed by atoms with Gasteiger partial charge in [0.15, 0.2) is 11.5 Å². The minimum atomic E-state index is -4.25. The molecule has 1 N–H and O–H groups in total. The quantitative estimate of drug-likeness (QED) is 0.384. The molecule has 0 bridgehead atoms. The van der Waals surface area contributed by atoms with Gasteiger partial charge in [-0.1, -0.05) is 48.0 Å². The molecular formula is C27H30ClN3O6S. The first-order chi connectivity index (χ1) is 18.1. The van der Waals surface area contributed by atoms with Crippen molar-refractivity contribution < 1.29 is 27.5 Å². The number of hydrogen-bond donors (Lipinski definition) is 1. The highest BCUT2D eigenvalue weighted by molar-refractivity contribution is 7.92. The smallest absolute Gasteiger partial charge is 0.264 e. The molecule has 1 atom stereocenters. The highest BCUT2D eigenvalue weighted by Crippen LogP contribution is 2.32. The summed E-state index contributed by atoms with van der Waals surface area (Å²) in [5.74, 6) is -0.408. The predicted octanol–water partition coefficient (Wildman–Crippen LogP) is 3.72. The lowest BCUT2D eigenvalue weighted by Crippen LogP contribution is -2.50. The number of halogens is 1. The van der Waals surface area contributed by atoms with Gasteiger partial charge < -0.3 is 19.7 Å². The molecule has 3 aromatic carbocycles. The fraction of sp³-hybridized carbons (Fsp3) is 0.259. The Bertz CT molecular complexity index is 1380. The average molecular weight is 560 g/mol. The Labute approximate surface area is 228 Å². The van der Waals surface area contributed by atoms with E-state index in [1.54, 1.807) is 61.5 Å². The lowest BCUT2D eigenvalue weighted by molar-refractivity contribution is -0.139. The van der Waals surface area contributed by atoms with Crippen LogP contribution in [0.15, 0.2) is 77.7 Å². The van der Waals surface area contributed by atoms with Crippen molar-refractivity contribution in [3.05, 3.63) is 83.4 Å². The van der Waals surface area contributed by atoms with Crippen LogP contribution in [0.25, 0.3) is 0 Å². The molecule has 0 aromatic heterocycles. The Hall–Kier alpha value is -3.76. The normalized spacial score (nSPS) is 11.8. The molecular weight excluding hydrogens is 530 g/mol. The SMILES string of the molecule is CNC(=O)C(C)N(Cc1ccccc1Cl)C(=O)CN(c1ccccc1)S(=O)(=O)c1ccc(OC)c(OC)c1. The van der Waals surface area contributed by atoms with E-state index in [1.807, 2.05) is 0 Å². The van der Waals surface area contributed by atoms with Crippen molar-refractivity contribution in [3.8, 4) is 11.5 Å². The first-order valence-electron chi connectivity index (χ1n) is 11.7. The maximum absolute atomic E-state index is 13.9. The third-order valence-corrected chi connectivity index (χ3v) is 8.12. The topological polar surface area (TPSA) is 105 Å². The van der Waals surface area contributed by atoms with Gasteiger partial charge in [-0.3, -0.25) is 13.9 Å². The van der Waals surface area contributed by atoms with E-state index in [4.69, 9.17) is 21.1 Å². The predicted molar refractivity (Wildman–Crippen MR) is 146 cm³/mol. The Morgan fingerprint density at radius 3 is 2.18 bits per heavy atom. The highest BCUT2D eigenvalue weighted by atomic mass is 35.5. The second-order valence-electron chi connectivity index (χ2n) is 8.27. The van der Waals surface area contributed by atoms with Crippen molar-refractivity contribution in [1.82, 2.24) is 10.2 Å². The second-order valence-corrected chi connectivity index (χ2v) is 10.5. The van der Waals surface area contributed by atoms with E-state index >= 15 is 0 Å². The fourth-order valence-electron chi connectivity index (χ4n) is 3.83. The number of hydrogen-bond acceptors (Lipinski definition) is 6. The van der Waals surface area contributed by atoms with Crippen molar-refractivity contribution in [2.24, 2.45) is 0 Å². The summed E-state index contributed by atoms with van der Waals surface area (Å²) in [5.41, 5.74) is 0.896. The largest absolute Gasteiger partial charge is 0.493 e. The van der Waals surface area contributed by atoms with Crippen molar-refractivity contribution in [3.63, 3.8) is 0 Å². The van der Waals surface area contributed by atoms with E-state index in [-0.39, 0.29) is 22.9 Å². The monoisotopic (exact) mass is 559 g/mol. The van der Waals surface area contributed by atoms with Gasteiger partial charge in [0.2, 0.25) is 11.8 Å². The molecule has 2 amide bonds. The number of carbonyl (C=O) groups excluding carboxylic acids is 2. The minimum Gasteiger partial charge on any atom is -0.493 e. The van der Waals surface area contributed by atoms with E-state index in [1.165, 1.54) is 44.4 Å². The van der Waals surface area contributed by atoms with Gasteiger partial charge in [0.25, 0.3) is 10.0 Å². The number of nitrogens with zero attached hydrogens (tertiary/aromatic N) is 2. The summed E-state index contributed by atoms with van der Waals surface area (Å²) in [6, 6.07) is 18.5. The van der Waals surface area contributed by atoms with Crippen molar-refractivity contribution in [1.29, 1.82) is 0 Å². The molecule has 1 unspecified atom stereocenters. The molecule has 0 saturated heterocycles. The third-order valence-electron chi connectivity index (χ3n) is 5.98. The van der Waals surface area contributed by atoms with Gasteiger partial charge in [-0.2, -0.15) is 0 Å². The van der Waals surface area contributed by atoms with Gasteiger partial charge in [-0.05, 0) is 42.8 Å².